The molecule has 1 aromatic carbocycles. The summed E-state index contributed by atoms with van der Waals surface area (Å²) >= 11 is 4.88. The molecule has 1 aromatic rings. The minimum absolute atomic E-state index is 0.212. The van der Waals surface area contributed by atoms with E-state index in [1.807, 2.05) is 24.3 Å². The van der Waals surface area contributed by atoms with Crippen LogP contribution >= 0.6 is 27.7 Å². The summed E-state index contributed by atoms with van der Waals surface area (Å²) in [5, 5.41) is 4.94. The quantitative estimate of drug-likeness (QED) is 0.794. The number of hydrogen-bond donors (Lipinski definition) is 2. The van der Waals surface area contributed by atoms with Crippen LogP contribution in [0.1, 0.15) is 32.6 Å². The van der Waals surface area contributed by atoms with E-state index in [1.54, 1.807) is 6.92 Å². The van der Waals surface area contributed by atoms with Gasteiger partial charge in [-0.05, 0) is 47.8 Å². The lowest BCUT2D eigenvalue weighted by Crippen LogP contribution is -2.45. The molecule has 0 saturated heterocycles. The van der Waals surface area contributed by atoms with Gasteiger partial charge in [-0.2, -0.15) is 0 Å². The van der Waals surface area contributed by atoms with Crippen molar-refractivity contribution in [3.05, 3.63) is 28.7 Å². The second kappa shape index (κ2) is 7.84. The summed E-state index contributed by atoms with van der Waals surface area (Å²) in [6.07, 6.45) is 4.30. The zero-order valence-corrected chi connectivity index (χ0v) is 14.3. The van der Waals surface area contributed by atoms with E-state index in [9.17, 15) is 9.59 Å². The molecule has 0 aliphatic heterocycles. The Labute approximate surface area is 137 Å². The molecule has 1 saturated carbocycles. The van der Waals surface area contributed by atoms with E-state index in [-0.39, 0.29) is 23.2 Å². The van der Waals surface area contributed by atoms with Gasteiger partial charge in [0.15, 0.2) is 0 Å². The van der Waals surface area contributed by atoms with Crippen LogP contribution in [0.25, 0.3) is 0 Å². The molecule has 0 heterocycles. The number of urea groups is 1. The number of carbonyl (C=O) groups excluding carboxylic acids is 2. The van der Waals surface area contributed by atoms with Crippen LogP contribution < -0.4 is 10.6 Å². The SMILES string of the molecule is C[C@@H](Sc1ccccc1Br)C(=O)NC(=O)NC1CCCC1. The molecule has 1 aliphatic rings. The van der Waals surface area contributed by atoms with Gasteiger partial charge in [0.2, 0.25) is 5.91 Å². The Kier molecular flexibility index (Phi) is 6.11. The smallest absolute Gasteiger partial charge is 0.321 e. The number of benzene rings is 1. The van der Waals surface area contributed by atoms with E-state index < -0.39 is 0 Å². The van der Waals surface area contributed by atoms with E-state index in [2.05, 4.69) is 26.6 Å². The fourth-order valence-corrected chi connectivity index (χ4v) is 3.74. The van der Waals surface area contributed by atoms with Crippen molar-refractivity contribution in [3.8, 4) is 0 Å². The van der Waals surface area contributed by atoms with Crippen molar-refractivity contribution in [1.29, 1.82) is 0 Å². The van der Waals surface area contributed by atoms with E-state index in [4.69, 9.17) is 0 Å². The molecule has 0 unspecified atom stereocenters. The summed E-state index contributed by atoms with van der Waals surface area (Å²) in [5.74, 6) is -0.272. The summed E-state index contributed by atoms with van der Waals surface area (Å²) in [5.41, 5.74) is 0. The Morgan fingerprint density at radius 1 is 1.29 bits per heavy atom. The van der Waals surface area contributed by atoms with Gasteiger partial charge in [-0.1, -0.05) is 25.0 Å². The fraction of sp³-hybridized carbons (Fsp3) is 0.467. The number of hydrogen-bond acceptors (Lipinski definition) is 3. The average molecular weight is 371 g/mol. The Bertz CT molecular complexity index is 518. The first-order valence-electron chi connectivity index (χ1n) is 7.09. The van der Waals surface area contributed by atoms with Gasteiger partial charge in [-0.25, -0.2) is 4.79 Å². The number of nitrogens with one attached hydrogen (secondary N) is 2. The van der Waals surface area contributed by atoms with Crippen LogP contribution in [0.4, 0.5) is 4.79 Å². The number of thioether (sulfide) groups is 1. The van der Waals surface area contributed by atoms with Gasteiger partial charge < -0.3 is 5.32 Å². The normalized spacial score (nSPS) is 16.5. The topological polar surface area (TPSA) is 58.2 Å². The molecule has 4 nitrogen and oxygen atoms in total. The average Bonchev–Trinajstić information content (AvgIpc) is 2.93. The van der Waals surface area contributed by atoms with Crippen LogP contribution in [-0.2, 0) is 4.79 Å². The third kappa shape index (κ3) is 5.04. The lowest BCUT2D eigenvalue weighted by molar-refractivity contribution is -0.119. The molecule has 2 N–H and O–H groups in total. The molecule has 0 bridgehead atoms. The van der Waals surface area contributed by atoms with E-state index in [0.717, 1.165) is 35.1 Å². The van der Waals surface area contributed by atoms with Crippen LogP contribution in [0.3, 0.4) is 0 Å². The summed E-state index contributed by atoms with van der Waals surface area (Å²) < 4.78 is 0.949. The van der Waals surface area contributed by atoms with Gasteiger partial charge in [0.1, 0.15) is 0 Å². The summed E-state index contributed by atoms with van der Waals surface area (Å²) in [6, 6.07) is 7.55. The first-order chi connectivity index (χ1) is 10.1. The number of imide groups is 1. The molecule has 0 spiro atoms. The van der Waals surface area contributed by atoms with Crippen LogP contribution in [0.5, 0.6) is 0 Å². The highest BCUT2D eigenvalue weighted by molar-refractivity contribution is 9.10. The van der Waals surface area contributed by atoms with E-state index >= 15 is 0 Å². The highest BCUT2D eigenvalue weighted by atomic mass is 79.9. The van der Waals surface area contributed by atoms with Gasteiger partial charge in [-0.3, -0.25) is 10.1 Å². The van der Waals surface area contributed by atoms with Crippen molar-refractivity contribution < 1.29 is 9.59 Å². The minimum Gasteiger partial charge on any atom is -0.335 e. The van der Waals surface area contributed by atoms with Gasteiger partial charge in [0.25, 0.3) is 0 Å². The third-order valence-electron chi connectivity index (χ3n) is 3.44. The second-order valence-corrected chi connectivity index (χ2v) is 7.37. The van der Waals surface area contributed by atoms with Gasteiger partial charge >= 0.3 is 6.03 Å². The number of rotatable bonds is 4. The molecule has 2 rings (SSSR count). The highest BCUT2D eigenvalue weighted by Gasteiger charge is 2.21. The predicted octanol–water partition coefficient (Wildman–Crippen LogP) is 3.70. The number of carbonyl (C=O) groups is 2. The maximum Gasteiger partial charge on any atom is 0.321 e. The molecule has 3 amide bonds. The predicted molar refractivity (Wildman–Crippen MR) is 88.4 cm³/mol. The van der Waals surface area contributed by atoms with Crippen LogP contribution in [0.15, 0.2) is 33.6 Å². The van der Waals surface area contributed by atoms with Crippen molar-refractivity contribution in [2.45, 2.75) is 48.8 Å². The number of amides is 3. The lowest BCUT2D eigenvalue weighted by atomic mass is 10.2. The maximum atomic E-state index is 12.0. The number of halogens is 1. The van der Waals surface area contributed by atoms with Crippen molar-refractivity contribution >= 4 is 39.6 Å². The highest BCUT2D eigenvalue weighted by Crippen LogP contribution is 2.30. The largest absolute Gasteiger partial charge is 0.335 e. The molecule has 114 valence electrons. The van der Waals surface area contributed by atoms with Gasteiger partial charge in [0, 0.05) is 15.4 Å². The Morgan fingerprint density at radius 3 is 2.62 bits per heavy atom. The Morgan fingerprint density at radius 2 is 1.95 bits per heavy atom. The first-order valence-corrected chi connectivity index (χ1v) is 8.76. The van der Waals surface area contributed by atoms with Crippen molar-refractivity contribution in [2.75, 3.05) is 0 Å². The minimum atomic E-state index is -0.383. The molecular formula is C15H19BrN2O2S. The fourth-order valence-electron chi connectivity index (χ4n) is 2.29. The summed E-state index contributed by atoms with van der Waals surface area (Å²) in [4.78, 5) is 24.8. The van der Waals surface area contributed by atoms with E-state index in [0.29, 0.717) is 0 Å². The Balaban J connectivity index is 1.81. The van der Waals surface area contributed by atoms with E-state index in [1.165, 1.54) is 11.8 Å². The first kappa shape index (κ1) is 16.4. The molecule has 1 fully saturated rings. The Hall–Kier alpha value is -1.01. The maximum absolute atomic E-state index is 12.0. The zero-order valence-electron chi connectivity index (χ0n) is 11.9. The van der Waals surface area contributed by atoms with Crippen LogP contribution in [0, 0.1) is 0 Å². The van der Waals surface area contributed by atoms with Crippen molar-refractivity contribution in [3.63, 3.8) is 0 Å². The zero-order chi connectivity index (χ0) is 15.2. The molecular weight excluding hydrogens is 352 g/mol. The lowest BCUT2D eigenvalue weighted by Gasteiger charge is -2.15. The van der Waals surface area contributed by atoms with Gasteiger partial charge in [-0.15, -0.1) is 11.8 Å². The van der Waals surface area contributed by atoms with Crippen molar-refractivity contribution in [1.82, 2.24) is 10.6 Å². The third-order valence-corrected chi connectivity index (χ3v) is 5.57. The monoisotopic (exact) mass is 370 g/mol. The molecule has 21 heavy (non-hydrogen) atoms. The molecule has 0 radical (unpaired) electrons. The second-order valence-electron chi connectivity index (χ2n) is 5.13. The molecule has 1 atom stereocenters. The van der Waals surface area contributed by atoms with Gasteiger partial charge in [0.05, 0.1) is 5.25 Å². The molecule has 1 aliphatic carbocycles. The summed E-state index contributed by atoms with van der Waals surface area (Å²) in [7, 11) is 0. The van der Waals surface area contributed by atoms with Crippen LogP contribution in [-0.4, -0.2) is 23.2 Å². The summed E-state index contributed by atoms with van der Waals surface area (Å²) in [6.45, 7) is 1.79. The molecule has 6 heteroatoms. The van der Waals surface area contributed by atoms with Crippen molar-refractivity contribution in [2.24, 2.45) is 0 Å². The standard InChI is InChI=1S/C15H19BrN2O2S/c1-10(21-13-9-5-4-8-12(13)16)14(19)18-15(20)17-11-6-2-3-7-11/h4-5,8-11H,2-3,6-7H2,1H3,(H2,17,18,19,20)/t10-/m1/s1. The van der Waals surface area contributed by atoms with Crippen LogP contribution in [0.2, 0.25) is 0 Å². The molecule has 0 aromatic heterocycles.